The van der Waals surface area contributed by atoms with Crippen LogP contribution in [0, 0.1) is 5.82 Å². The van der Waals surface area contributed by atoms with Gasteiger partial charge in [-0.25, -0.2) is 4.39 Å². The number of halogens is 1. The molecule has 2 fully saturated rings. The third-order valence-corrected chi connectivity index (χ3v) is 5.42. The number of likely N-dealkylation sites (tertiary alicyclic amines) is 1. The van der Waals surface area contributed by atoms with Crippen molar-refractivity contribution in [3.05, 3.63) is 71.5 Å². The lowest BCUT2D eigenvalue weighted by molar-refractivity contribution is -0.0548. The first kappa shape index (κ1) is 17.7. The molecule has 2 aliphatic rings. The third-order valence-electron chi connectivity index (χ3n) is 5.42. The van der Waals surface area contributed by atoms with Crippen molar-refractivity contribution >= 4 is 0 Å². The molecule has 1 spiro atoms. The van der Waals surface area contributed by atoms with Crippen molar-refractivity contribution in [2.75, 3.05) is 19.7 Å². The van der Waals surface area contributed by atoms with Crippen LogP contribution in [-0.4, -0.2) is 36.3 Å². The van der Waals surface area contributed by atoms with Crippen molar-refractivity contribution in [3.63, 3.8) is 0 Å². The van der Waals surface area contributed by atoms with Crippen LogP contribution in [0.2, 0.25) is 0 Å². The zero-order chi connectivity index (χ0) is 17.8. The van der Waals surface area contributed by atoms with Gasteiger partial charge in [0, 0.05) is 19.5 Å². The van der Waals surface area contributed by atoms with Crippen molar-refractivity contribution in [2.24, 2.45) is 0 Å². The van der Waals surface area contributed by atoms with E-state index < -0.39 is 0 Å². The number of hydrogen-bond donors (Lipinski definition) is 0. The molecule has 2 aromatic carbocycles. The first-order valence-electron chi connectivity index (χ1n) is 9.47. The van der Waals surface area contributed by atoms with Crippen LogP contribution in [0.3, 0.4) is 0 Å². The van der Waals surface area contributed by atoms with E-state index in [4.69, 9.17) is 9.47 Å². The summed E-state index contributed by atoms with van der Waals surface area (Å²) in [5, 5.41) is 0. The van der Waals surface area contributed by atoms with Crippen molar-refractivity contribution in [3.8, 4) is 0 Å². The van der Waals surface area contributed by atoms with Crippen molar-refractivity contribution in [1.82, 2.24) is 4.90 Å². The minimum atomic E-state index is -0.166. The quantitative estimate of drug-likeness (QED) is 0.804. The Kier molecular flexibility index (Phi) is 5.34. The molecule has 2 unspecified atom stereocenters. The van der Waals surface area contributed by atoms with Gasteiger partial charge in [0.15, 0.2) is 0 Å². The highest BCUT2D eigenvalue weighted by atomic mass is 19.1. The van der Waals surface area contributed by atoms with Crippen molar-refractivity contribution in [2.45, 2.75) is 44.1 Å². The zero-order valence-corrected chi connectivity index (χ0v) is 15.1. The number of benzene rings is 2. The van der Waals surface area contributed by atoms with E-state index >= 15 is 0 Å². The molecule has 3 nitrogen and oxygen atoms in total. The van der Waals surface area contributed by atoms with Crippen LogP contribution in [0.1, 0.15) is 30.4 Å². The second kappa shape index (κ2) is 7.87. The minimum absolute atomic E-state index is 0.104. The lowest BCUT2D eigenvalue weighted by Crippen LogP contribution is -2.47. The van der Waals surface area contributed by atoms with Crippen LogP contribution in [0.25, 0.3) is 0 Å². The average Bonchev–Trinajstić information content (AvgIpc) is 3.03. The fourth-order valence-corrected chi connectivity index (χ4v) is 4.20. The number of nitrogens with zero attached hydrogens (tertiary/aromatic N) is 1. The number of ether oxygens (including phenoxy) is 2. The van der Waals surface area contributed by atoms with E-state index in [2.05, 4.69) is 17.0 Å². The van der Waals surface area contributed by atoms with E-state index in [0.717, 1.165) is 44.5 Å². The molecule has 0 saturated carbocycles. The summed E-state index contributed by atoms with van der Waals surface area (Å²) in [5.41, 5.74) is 2.12. The Labute approximate surface area is 154 Å². The molecule has 2 aromatic rings. The molecular formula is C22H26FNO2. The Hall–Kier alpha value is -1.75. The summed E-state index contributed by atoms with van der Waals surface area (Å²) in [7, 11) is 0. The van der Waals surface area contributed by atoms with Crippen LogP contribution in [0.5, 0.6) is 0 Å². The molecule has 4 heteroatoms. The fraction of sp³-hybridized carbons (Fsp3) is 0.455. The SMILES string of the molecule is Fc1cccc(CN2CCCC3(CC(OCc4ccccc4)CO3)C2)c1. The highest BCUT2D eigenvalue weighted by Crippen LogP contribution is 2.36. The maximum atomic E-state index is 13.4. The molecule has 0 N–H and O–H groups in total. The second-order valence-corrected chi connectivity index (χ2v) is 7.56. The maximum Gasteiger partial charge on any atom is 0.123 e. The molecule has 138 valence electrons. The minimum Gasteiger partial charge on any atom is -0.371 e. The first-order chi connectivity index (χ1) is 12.7. The molecule has 26 heavy (non-hydrogen) atoms. The van der Waals surface area contributed by atoms with Gasteiger partial charge in [-0.3, -0.25) is 4.90 Å². The van der Waals surface area contributed by atoms with Gasteiger partial charge < -0.3 is 9.47 Å². The molecule has 2 saturated heterocycles. The van der Waals surface area contributed by atoms with Gasteiger partial charge in [0.2, 0.25) is 0 Å². The lowest BCUT2D eigenvalue weighted by atomic mass is 9.89. The second-order valence-electron chi connectivity index (χ2n) is 7.56. The topological polar surface area (TPSA) is 21.7 Å². The van der Waals surface area contributed by atoms with Crippen LogP contribution >= 0.6 is 0 Å². The predicted octanol–water partition coefficient (Wildman–Crippen LogP) is 4.17. The summed E-state index contributed by atoms with van der Waals surface area (Å²) >= 11 is 0. The van der Waals surface area contributed by atoms with Crippen molar-refractivity contribution < 1.29 is 13.9 Å². The van der Waals surface area contributed by atoms with E-state index in [1.165, 1.54) is 11.6 Å². The normalized spacial score (nSPS) is 26.4. The summed E-state index contributed by atoms with van der Waals surface area (Å²) in [5.74, 6) is -0.166. The van der Waals surface area contributed by atoms with E-state index in [1.807, 2.05) is 24.3 Å². The Balaban J connectivity index is 1.32. The summed E-state index contributed by atoms with van der Waals surface area (Å²) in [6, 6.07) is 17.2. The van der Waals surface area contributed by atoms with Gasteiger partial charge >= 0.3 is 0 Å². The Morgan fingerprint density at radius 2 is 1.96 bits per heavy atom. The first-order valence-corrected chi connectivity index (χ1v) is 9.47. The van der Waals surface area contributed by atoms with E-state index in [0.29, 0.717) is 13.2 Å². The van der Waals surface area contributed by atoms with Gasteiger partial charge in [0.05, 0.1) is 24.9 Å². The molecule has 0 aromatic heterocycles. The van der Waals surface area contributed by atoms with E-state index in [9.17, 15) is 4.39 Å². The van der Waals surface area contributed by atoms with Gasteiger partial charge in [-0.15, -0.1) is 0 Å². The predicted molar refractivity (Wildman–Crippen MR) is 99.2 cm³/mol. The summed E-state index contributed by atoms with van der Waals surface area (Å²) < 4.78 is 25.8. The van der Waals surface area contributed by atoms with Gasteiger partial charge in [-0.1, -0.05) is 42.5 Å². The van der Waals surface area contributed by atoms with Crippen LogP contribution in [0.4, 0.5) is 4.39 Å². The highest BCUT2D eigenvalue weighted by molar-refractivity contribution is 5.16. The molecule has 4 rings (SSSR count). The molecule has 2 heterocycles. The fourth-order valence-electron chi connectivity index (χ4n) is 4.20. The number of piperidine rings is 1. The summed E-state index contributed by atoms with van der Waals surface area (Å²) in [6.45, 7) is 4.02. The maximum absolute atomic E-state index is 13.4. The number of hydrogen-bond acceptors (Lipinski definition) is 3. The largest absolute Gasteiger partial charge is 0.371 e. The number of rotatable bonds is 5. The van der Waals surface area contributed by atoms with Gasteiger partial charge in [0.1, 0.15) is 5.82 Å². The lowest BCUT2D eigenvalue weighted by Gasteiger charge is -2.39. The Bertz CT molecular complexity index is 723. The molecule has 0 radical (unpaired) electrons. The molecule has 2 aliphatic heterocycles. The Morgan fingerprint density at radius 1 is 1.12 bits per heavy atom. The van der Waals surface area contributed by atoms with E-state index in [-0.39, 0.29) is 17.5 Å². The van der Waals surface area contributed by atoms with Crippen molar-refractivity contribution in [1.29, 1.82) is 0 Å². The van der Waals surface area contributed by atoms with Crippen LogP contribution in [-0.2, 0) is 22.6 Å². The monoisotopic (exact) mass is 355 g/mol. The van der Waals surface area contributed by atoms with E-state index in [1.54, 1.807) is 12.1 Å². The third kappa shape index (κ3) is 4.32. The average molecular weight is 355 g/mol. The zero-order valence-electron chi connectivity index (χ0n) is 15.1. The standard InChI is InChI=1S/C22H26FNO2/c23-20-9-4-8-19(12-20)14-24-11-5-10-22(17-24)13-21(16-26-22)25-15-18-6-2-1-3-7-18/h1-4,6-9,12,21H,5,10-11,13-17H2. The van der Waals surface area contributed by atoms with Crippen LogP contribution < -0.4 is 0 Å². The molecule has 0 amide bonds. The molecule has 2 atom stereocenters. The summed E-state index contributed by atoms with van der Waals surface area (Å²) in [6.07, 6.45) is 3.29. The summed E-state index contributed by atoms with van der Waals surface area (Å²) in [4.78, 5) is 2.39. The van der Waals surface area contributed by atoms with Gasteiger partial charge in [-0.2, -0.15) is 0 Å². The molecule has 0 bridgehead atoms. The Morgan fingerprint density at radius 3 is 2.81 bits per heavy atom. The highest BCUT2D eigenvalue weighted by Gasteiger charge is 2.43. The van der Waals surface area contributed by atoms with Gasteiger partial charge in [-0.05, 0) is 42.6 Å². The molecular weight excluding hydrogens is 329 g/mol. The smallest absolute Gasteiger partial charge is 0.123 e. The molecule has 0 aliphatic carbocycles. The van der Waals surface area contributed by atoms with Crippen LogP contribution in [0.15, 0.2) is 54.6 Å². The van der Waals surface area contributed by atoms with Gasteiger partial charge in [0.25, 0.3) is 0 Å².